The molecule has 0 unspecified atom stereocenters. The molecule has 116 valence electrons. The van der Waals surface area contributed by atoms with Gasteiger partial charge in [0.1, 0.15) is 5.56 Å². The molecular weight excluding hydrogens is 278 g/mol. The molecule has 1 aromatic heterocycles. The van der Waals surface area contributed by atoms with Crippen molar-refractivity contribution < 1.29 is 19.1 Å². The van der Waals surface area contributed by atoms with E-state index < -0.39 is 17.8 Å². The monoisotopic (exact) mass is 297 g/mol. The van der Waals surface area contributed by atoms with Gasteiger partial charge in [-0.05, 0) is 6.92 Å². The third-order valence-electron chi connectivity index (χ3n) is 2.69. The Morgan fingerprint density at radius 2 is 1.86 bits per heavy atom. The summed E-state index contributed by atoms with van der Waals surface area (Å²) in [6, 6.07) is 0. The fourth-order valence-corrected chi connectivity index (χ4v) is 1.85. The van der Waals surface area contributed by atoms with Crippen LogP contribution in [0.1, 0.15) is 23.0 Å². The van der Waals surface area contributed by atoms with Gasteiger partial charge in [0.2, 0.25) is 11.8 Å². The van der Waals surface area contributed by atoms with Crippen LogP contribution < -0.4 is 11.5 Å². The van der Waals surface area contributed by atoms with Gasteiger partial charge in [-0.2, -0.15) is 5.10 Å². The van der Waals surface area contributed by atoms with Gasteiger partial charge in [-0.3, -0.25) is 19.2 Å². The summed E-state index contributed by atoms with van der Waals surface area (Å²) in [4.78, 5) is 35.3. The van der Waals surface area contributed by atoms with Crippen molar-refractivity contribution in [3.05, 3.63) is 17.5 Å². The lowest BCUT2D eigenvalue weighted by Crippen LogP contribution is -2.39. The lowest BCUT2D eigenvalue weighted by atomic mass is 10.2. The molecule has 9 nitrogen and oxygen atoms in total. The van der Waals surface area contributed by atoms with Crippen molar-refractivity contribution in [1.82, 2.24) is 14.7 Å². The number of aromatic nitrogens is 2. The van der Waals surface area contributed by atoms with Crippen LogP contribution in [0.2, 0.25) is 0 Å². The lowest BCUT2D eigenvalue weighted by molar-refractivity contribution is -0.122. The van der Waals surface area contributed by atoms with Gasteiger partial charge in [0.05, 0.1) is 31.6 Å². The molecule has 1 aromatic rings. The van der Waals surface area contributed by atoms with E-state index in [4.69, 9.17) is 16.2 Å². The lowest BCUT2D eigenvalue weighted by Gasteiger charge is -2.19. The van der Waals surface area contributed by atoms with Gasteiger partial charge in [0.15, 0.2) is 0 Å². The van der Waals surface area contributed by atoms with Gasteiger partial charge in [-0.15, -0.1) is 0 Å². The minimum atomic E-state index is -0.601. The van der Waals surface area contributed by atoms with Crippen LogP contribution in [0.3, 0.4) is 0 Å². The van der Waals surface area contributed by atoms with E-state index in [1.165, 1.54) is 15.8 Å². The number of aryl methyl sites for hydroxylation is 1. The minimum absolute atomic E-state index is 0.122. The molecule has 4 N–H and O–H groups in total. The van der Waals surface area contributed by atoms with E-state index in [1.54, 1.807) is 14.0 Å². The molecule has 0 aliphatic carbocycles. The highest BCUT2D eigenvalue weighted by molar-refractivity contribution is 5.90. The number of ether oxygens (including phenoxy) is 1. The molecule has 1 heterocycles. The van der Waals surface area contributed by atoms with E-state index in [0.717, 1.165) is 0 Å². The van der Waals surface area contributed by atoms with Crippen LogP contribution in [-0.4, -0.2) is 52.2 Å². The van der Waals surface area contributed by atoms with Gasteiger partial charge in [-0.25, -0.2) is 4.79 Å². The number of carbonyl (C=O) groups excluding carboxylic acids is 3. The minimum Gasteiger partial charge on any atom is -0.462 e. The van der Waals surface area contributed by atoms with Crippen LogP contribution in [-0.2, 0) is 27.9 Å². The van der Waals surface area contributed by atoms with Gasteiger partial charge >= 0.3 is 5.97 Å². The van der Waals surface area contributed by atoms with Crippen LogP contribution in [0.4, 0.5) is 0 Å². The molecule has 0 aromatic carbocycles. The summed E-state index contributed by atoms with van der Waals surface area (Å²) in [6.07, 6.45) is 1.38. The average molecular weight is 297 g/mol. The zero-order valence-electron chi connectivity index (χ0n) is 12.0. The van der Waals surface area contributed by atoms with Gasteiger partial charge in [0, 0.05) is 13.6 Å². The number of nitrogens with two attached hydrogens (primary N) is 2. The Kier molecular flexibility index (Phi) is 5.85. The second-order valence-electron chi connectivity index (χ2n) is 4.43. The smallest absolute Gasteiger partial charge is 0.341 e. The Hall–Kier alpha value is -2.42. The van der Waals surface area contributed by atoms with Crippen molar-refractivity contribution >= 4 is 17.8 Å². The van der Waals surface area contributed by atoms with Crippen molar-refractivity contribution in [2.75, 3.05) is 19.7 Å². The molecule has 2 amide bonds. The zero-order valence-corrected chi connectivity index (χ0v) is 12.0. The van der Waals surface area contributed by atoms with Crippen molar-refractivity contribution in [2.45, 2.75) is 13.5 Å². The molecule has 0 spiro atoms. The number of rotatable bonds is 8. The highest BCUT2D eigenvalue weighted by atomic mass is 16.5. The number of hydrogen-bond acceptors (Lipinski definition) is 6. The molecular formula is C12H19N5O4. The maximum Gasteiger partial charge on any atom is 0.341 e. The van der Waals surface area contributed by atoms with Gasteiger partial charge in [0.25, 0.3) is 0 Å². The summed E-state index contributed by atoms with van der Waals surface area (Å²) in [7, 11) is 1.64. The molecule has 21 heavy (non-hydrogen) atoms. The largest absolute Gasteiger partial charge is 0.462 e. The number of primary amides is 2. The molecule has 0 saturated carbocycles. The highest BCUT2D eigenvalue weighted by Crippen LogP contribution is 2.12. The molecule has 0 aliphatic rings. The molecule has 0 fully saturated rings. The Morgan fingerprint density at radius 1 is 1.29 bits per heavy atom. The van der Waals surface area contributed by atoms with E-state index in [0.29, 0.717) is 5.69 Å². The fraction of sp³-hybridized carbons (Fsp3) is 0.500. The Bertz CT molecular complexity index is 524. The molecule has 0 saturated heterocycles. The van der Waals surface area contributed by atoms with Crippen molar-refractivity contribution in [3.8, 4) is 0 Å². The second kappa shape index (κ2) is 7.39. The summed E-state index contributed by atoms with van der Waals surface area (Å²) in [5, 5.41) is 3.99. The van der Waals surface area contributed by atoms with Crippen LogP contribution in [0.5, 0.6) is 0 Å². The normalized spacial score (nSPS) is 10.6. The zero-order chi connectivity index (χ0) is 16.0. The first kappa shape index (κ1) is 16.6. The number of amides is 2. The number of esters is 1. The number of carbonyl (C=O) groups is 3. The average Bonchev–Trinajstić information content (AvgIpc) is 2.69. The second-order valence-corrected chi connectivity index (χ2v) is 4.43. The quantitative estimate of drug-likeness (QED) is 0.553. The maximum atomic E-state index is 11.8. The van der Waals surface area contributed by atoms with Crippen LogP contribution in [0, 0.1) is 0 Å². The Labute approximate surface area is 121 Å². The first-order valence-electron chi connectivity index (χ1n) is 6.32. The fourth-order valence-electron chi connectivity index (χ4n) is 1.85. The van der Waals surface area contributed by atoms with E-state index in [-0.39, 0.29) is 31.8 Å². The maximum absolute atomic E-state index is 11.8. The third kappa shape index (κ3) is 4.88. The molecule has 0 aliphatic heterocycles. The Balaban J connectivity index is 2.96. The predicted octanol–water partition coefficient (Wildman–Crippen LogP) is -1.63. The van der Waals surface area contributed by atoms with Crippen molar-refractivity contribution in [3.63, 3.8) is 0 Å². The molecule has 1 rings (SSSR count). The molecule has 0 atom stereocenters. The first-order valence-corrected chi connectivity index (χ1v) is 6.32. The standard InChI is InChI=1S/C12H19N5O4/c1-3-21-12(20)8-4-15-16(2)9(8)5-17(6-10(13)18)7-11(14)19/h4H,3,5-7H2,1-2H3,(H2,13,18)(H2,14,19). The summed E-state index contributed by atoms with van der Waals surface area (Å²) >= 11 is 0. The third-order valence-corrected chi connectivity index (χ3v) is 2.69. The Morgan fingerprint density at radius 3 is 2.33 bits per heavy atom. The molecule has 0 radical (unpaired) electrons. The van der Waals surface area contributed by atoms with E-state index >= 15 is 0 Å². The van der Waals surface area contributed by atoms with Crippen LogP contribution in [0.25, 0.3) is 0 Å². The number of hydrogen-bond donors (Lipinski definition) is 2. The number of nitrogens with zero attached hydrogens (tertiary/aromatic N) is 3. The topological polar surface area (TPSA) is 134 Å². The summed E-state index contributed by atoms with van der Waals surface area (Å²) in [5.41, 5.74) is 11.1. The molecule has 9 heteroatoms. The van der Waals surface area contributed by atoms with Gasteiger partial charge in [-0.1, -0.05) is 0 Å². The van der Waals surface area contributed by atoms with E-state index in [2.05, 4.69) is 5.10 Å². The van der Waals surface area contributed by atoms with Crippen molar-refractivity contribution in [2.24, 2.45) is 18.5 Å². The van der Waals surface area contributed by atoms with E-state index in [1.807, 2.05) is 0 Å². The van der Waals surface area contributed by atoms with Crippen molar-refractivity contribution in [1.29, 1.82) is 0 Å². The van der Waals surface area contributed by atoms with Crippen LogP contribution >= 0.6 is 0 Å². The summed E-state index contributed by atoms with van der Waals surface area (Å²) < 4.78 is 6.41. The first-order chi connectivity index (χ1) is 9.85. The summed E-state index contributed by atoms with van der Waals surface area (Å²) in [5.74, 6) is -1.72. The highest BCUT2D eigenvalue weighted by Gasteiger charge is 2.21. The predicted molar refractivity (Wildman–Crippen MR) is 72.8 cm³/mol. The van der Waals surface area contributed by atoms with E-state index in [9.17, 15) is 14.4 Å². The van der Waals surface area contributed by atoms with Gasteiger partial charge < -0.3 is 16.2 Å². The molecule has 0 bridgehead atoms. The van der Waals surface area contributed by atoms with Crippen LogP contribution in [0.15, 0.2) is 6.20 Å². The summed E-state index contributed by atoms with van der Waals surface area (Å²) in [6.45, 7) is 1.74. The SMILES string of the molecule is CCOC(=O)c1cnn(C)c1CN(CC(N)=O)CC(N)=O.